The molecule has 0 radical (unpaired) electrons. The molecule has 0 aliphatic carbocycles. The molecule has 0 aromatic heterocycles. The van der Waals surface area contributed by atoms with Crippen molar-refractivity contribution in [3.8, 4) is 5.75 Å². The number of aryl methyl sites for hydroxylation is 1. The number of rotatable bonds is 10. The van der Waals surface area contributed by atoms with Crippen LogP contribution in [0, 0.1) is 5.82 Å². The number of carbonyl (C=O) groups is 2. The lowest BCUT2D eigenvalue weighted by Crippen LogP contribution is -2.64. The third kappa shape index (κ3) is 8.07. The molecule has 1 fully saturated rings. The third-order valence-corrected chi connectivity index (χ3v) is 8.34. The molecule has 0 atom stereocenters. The van der Waals surface area contributed by atoms with Gasteiger partial charge in [0.25, 0.3) is 0 Å². The molecule has 0 saturated carbocycles. The van der Waals surface area contributed by atoms with Crippen molar-refractivity contribution in [2.24, 2.45) is 0 Å². The second-order valence-electron chi connectivity index (χ2n) is 11.1. The molecule has 0 bridgehead atoms. The van der Waals surface area contributed by atoms with Crippen LogP contribution in [0.2, 0.25) is 0 Å². The van der Waals surface area contributed by atoms with Crippen molar-refractivity contribution >= 4 is 22.1 Å². The first-order chi connectivity index (χ1) is 19.9. The summed E-state index contributed by atoms with van der Waals surface area (Å²) in [6.45, 7) is 5.22. The molecule has 0 unspecified atom stereocenters. The number of nitrogens with one attached hydrogen (secondary N) is 1. The summed E-state index contributed by atoms with van der Waals surface area (Å²) < 4.78 is 53.5. The Hall–Kier alpha value is -3.96. The molecule has 1 saturated heterocycles. The number of carbonyl (C=O) groups excluding carboxylic acids is 2. The summed E-state index contributed by atoms with van der Waals surface area (Å²) in [5, 5.41) is 0. The maximum Gasteiger partial charge on any atom is 0.441 e. The van der Waals surface area contributed by atoms with Crippen molar-refractivity contribution in [2.45, 2.75) is 62.6 Å². The molecule has 1 heterocycles. The Morgan fingerprint density at radius 2 is 1.67 bits per heavy atom. The molecule has 11 heteroatoms. The van der Waals surface area contributed by atoms with Gasteiger partial charge in [0.05, 0.1) is 18.0 Å². The van der Waals surface area contributed by atoms with Gasteiger partial charge in [-0.1, -0.05) is 48.5 Å². The quantitative estimate of drug-likeness (QED) is 0.242. The molecule has 0 spiro atoms. The van der Waals surface area contributed by atoms with Gasteiger partial charge in [-0.3, -0.25) is 0 Å². The van der Waals surface area contributed by atoms with E-state index in [9.17, 15) is 22.4 Å². The predicted molar refractivity (Wildman–Crippen MR) is 153 cm³/mol. The second-order valence-corrected chi connectivity index (χ2v) is 13.1. The van der Waals surface area contributed by atoms with E-state index in [0.717, 1.165) is 11.1 Å². The summed E-state index contributed by atoms with van der Waals surface area (Å²) in [4.78, 5) is 28.4. The van der Waals surface area contributed by atoms with E-state index in [0.29, 0.717) is 25.0 Å². The molecule has 1 aliphatic rings. The van der Waals surface area contributed by atoms with E-state index in [2.05, 4.69) is 0 Å². The lowest BCUT2D eigenvalue weighted by atomic mass is 9.87. The zero-order chi connectivity index (χ0) is 30.4. The molecule has 3 aromatic rings. The number of ether oxygens (including phenoxy) is 2. The summed E-state index contributed by atoms with van der Waals surface area (Å²) in [5.74, 6) is -0.717. The van der Waals surface area contributed by atoms with E-state index < -0.39 is 39.1 Å². The van der Waals surface area contributed by atoms with Crippen LogP contribution in [0.5, 0.6) is 5.75 Å². The van der Waals surface area contributed by atoms with Gasteiger partial charge in [0.15, 0.2) is 5.60 Å². The van der Waals surface area contributed by atoms with Crippen molar-refractivity contribution in [2.75, 3.05) is 13.1 Å². The van der Waals surface area contributed by atoms with Crippen molar-refractivity contribution in [3.05, 3.63) is 95.8 Å². The van der Waals surface area contributed by atoms with E-state index in [-0.39, 0.29) is 24.4 Å². The Morgan fingerprint density at radius 3 is 2.36 bits per heavy atom. The predicted octanol–water partition coefficient (Wildman–Crippen LogP) is 5.50. The molecular formula is C31H35FN2O7S. The van der Waals surface area contributed by atoms with E-state index in [1.807, 2.05) is 41.9 Å². The van der Waals surface area contributed by atoms with Crippen LogP contribution in [0.15, 0.2) is 83.8 Å². The fourth-order valence-electron chi connectivity index (χ4n) is 4.55. The number of benzene rings is 3. The summed E-state index contributed by atoms with van der Waals surface area (Å²) >= 11 is 0. The number of hydrogen-bond acceptors (Lipinski definition) is 7. The molecule has 1 aliphatic heterocycles. The Kier molecular flexibility index (Phi) is 9.53. The Labute approximate surface area is 245 Å². The molecule has 4 rings (SSSR count). The number of nitrogens with zero attached hydrogens (tertiary/aromatic N) is 1. The van der Waals surface area contributed by atoms with Gasteiger partial charge in [0, 0.05) is 12.5 Å². The van der Waals surface area contributed by atoms with E-state index in [1.165, 1.54) is 16.4 Å². The van der Waals surface area contributed by atoms with Gasteiger partial charge in [-0.25, -0.2) is 22.4 Å². The summed E-state index contributed by atoms with van der Waals surface area (Å²) in [6.07, 6.45) is 0.862. The standard InChI is InChI=1S/C31H35FN2O7S/c1-30(2,3)40-29(36)33-41-28(35)18-8-7-11-23-12-9-17-27(19-23)42(37,38)34-21-31(22-34,24-13-5-4-6-14-24)39-26-16-10-15-25(32)20-26/h4-6,9-10,12-17,19-20H,7-8,11,18,21-22H2,1-3H3,(H,33,36). The number of amides is 1. The van der Waals surface area contributed by atoms with Crippen LogP contribution < -0.4 is 10.2 Å². The van der Waals surface area contributed by atoms with Crippen molar-refractivity contribution in [1.29, 1.82) is 0 Å². The number of sulfonamides is 1. The average Bonchev–Trinajstić information content (AvgIpc) is 2.91. The zero-order valence-electron chi connectivity index (χ0n) is 23.8. The first kappa shape index (κ1) is 31.0. The van der Waals surface area contributed by atoms with Gasteiger partial charge < -0.3 is 14.3 Å². The lowest BCUT2D eigenvalue weighted by molar-refractivity contribution is -0.150. The molecule has 3 aromatic carbocycles. The topological polar surface area (TPSA) is 111 Å². The highest BCUT2D eigenvalue weighted by Crippen LogP contribution is 2.40. The minimum absolute atomic E-state index is 0.0690. The van der Waals surface area contributed by atoms with Gasteiger partial charge in [0.2, 0.25) is 10.0 Å². The maximum atomic E-state index is 13.8. The molecular weight excluding hydrogens is 563 g/mol. The van der Waals surface area contributed by atoms with Crippen molar-refractivity contribution in [1.82, 2.24) is 9.79 Å². The summed E-state index contributed by atoms with van der Waals surface area (Å²) in [5.41, 5.74) is 1.91. The Bertz CT molecular complexity index is 1500. The van der Waals surface area contributed by atoms with Gasteiger partial charge in [-0.05, 0) is 75.4 Å². The van der Waals surface area contributed by atoms with Crippen LogP contribution in [0.4, 0.5) is 9.18 Å². The fraction of sp³-hybridized carbons (Fsp3) is 0.355. The highest BCUT2D eigenvalue weighted by molar-refractivity contribution is 7.89. The second kappa shape index (κ2) is 12.9. The summed E-state index contributed by atoms with van der Waals surface area (Å²) in [6, 6.07) is 21.8. The lowest BCUT2D eigenvalue weighted by Gasteiger charge is -2.48. The normalized spacial score (nSPS) is 14.9. The highest BCUT2D eigenvalue weighted by atomic mass is 32.2. The van der Waals surface area contributed by atoms with Gasteiger partial charge in [-0.15, -0.1) is 5.48 Å². The van der Waals surface area contributed by atoms with Gasteiger partial charge in [-0.2, -0.15) is 4.31 Å². The Morgan fingerprint density at radius 1 is 0.952 bits per heavy atom. The SMILES string of the molecule is CC(C)(C)OC(=O)NOC(=O)CCCCc1cccc(S(=O)(=O)N2CC(Oc3cccc(F)c3)(c3ccccc3)C2)c1. The minimum atomic E-state index is -3.82. The van der Waals surface area contributed by atoms with Crippen LogP contribution >= 0.6 is 0 Å². The van der Waals surface area contributed by atoms with Crippen LogP contribution in [0.3, 0.4) is 0 Å². The molecule has 9 nitrogen and oxygen atoms in total. The molecule has 42 heavy (non-hydrogen) atoms. The number of halogens is 1. The van der Waals surface area contributed by atoms with Crippen molar-refractivity contribution < 1.29 is 36.7 Å². The van der Waals surface area contributed by atoms with Crippen LogP contribution in [-0.4, -0.2) is 43.5 Å². The third-order valence-electron chi connectivity index (χ3n) is 6.55. The highest BCUT2D eigenvalue weighted by Gasteiger charge is 2.52. The van der Waals surface area contributed by atoms with Gasteiger partial charge in [0.1, 0.15) is 17.2 Å². The van der Waals surface area contributed by atoms with Crippen molar-refractivity contribution in [3.63, 3.8) is 0 Å². The molecule has 224 valence electrons. The minimum Gasteiger partial charge on any atom is -0.480 e. The molecule has 1 N–H and O–H groups in total. The number of hydroxylamine groups is 1. The first-order valence-corrected chi connectivity index (χ1v) is 15.1. The van der Waals surface area contributed by atoms with Crippen LogP contribution in [0.25, 0.3) is 0 Å². The van der Waals surface area contributed by atoms with Gasteiger partial charge >= 0.3 is 12.1 Å². The number of hydrogen-bond donors (Lipinski definition) is 1. The summed E-state index contributed by atoms with van der Waals surface area (Å²) in [7, 11) is -3.82. The number of unbranched alkanes of at least 4 members (excludes halogenated alkanes) is 1. The first-order valence-electron chi connectivity index (χ1n) is 13.6. The van der Waals surface area contributed by atoms with Crippen LogP contribution in [0.1, 0.15) is 51.2 Å². The maximum absolute atomic E-state index is 13.8. The zero-order valence-corrected chi connectivity index (χ0v) is 24.7. The monoisotopic (exact) mass is 598 g/mol. The van der Waals surface area contributed by atoms with E-state index in [1.54, 1.807) is 51.1 Å². The van der Waals surface area contributed by atoms with E-state index >= 15 is 0 Å². The van der Waals surface area contributed by atoms with Crippen LogP contribution in [-0.2, 0) is 36.4 Å². The molecule has 1 amide bonds. The largest absolute Gasteiger partial charge is 0.480 e. The smallest absolute Gasteiger partial charge is 0.441 e. The van der Waals surface area contributed by atoms with E-state index in [4.69, 9.17) is 14.3 Å². The Balaban J connectivity index is 1.33. The average molecular weight is 599 g/mol. The fourth-order valence-corrected chi connectivity index (χ4v) is 6.16.